The van der Waals surface area contributed by atoms with Gasteiger partial charge in [0.2, 0.25) is 0 Å². The fourth-order valence-electron chi connectivity index (χ4n) is 0.616. The second-order valence-corrected chi connectivity index (χ2v) is 2.01. The molecule has 4 heteroatoms. The van der Waals surface area contributed by atoms with Gasteiger partial charge in [-0.1, -0.05) is 0 Å². The Hall–Kier alpha value is -1.45. The van der Waals surface area contributed by atoms with Crippen LogP contribution in [0.1, 0.15) is 16.2 Å². The van der Waals surface area contributed by atoms with Crippen molar-refractivity contribution in [3.05, 3.63) is 23.8 Å². The lowest BCUT2D eigenvalue weighted by atomic mass is 10.3. The van der Waals surface area contributed by atoms with Crippen molar-refractivity contribution in [1.82, 2.24) is 9.97 Å². The molecule has 0 radical (unpaired) electrons. The summed E-state index contributed by atoms with van der Waals surface area (Å²) >= 11 is 0. The number of nitrogens with zero attached hydrogens (tertiary/aromatic N) is 2. The van der Waals surface area contributed by atoms with E-state index in [0.29, 0.717) is 11.4 Å². The minimum Gasteiger partial charge on any atom is -0.465 e. The molecule has 0 bridgehead atoms. The Morgan fingerprint density at radius 2 is 2.00 bits per heavy atom. The second kappa shape index (κ2) is 3.09. The summed E-state index contributed by atoms with van der Waals surface area (Å²) < 4.78 is 4.46. The number of esters is 1. The molecule has 1 aromatic heterocycles. The van der Waals surface area contributed by atoms with Gasteiger partial charge in [-0.05, 0) is 6.92 Å². The van der Waals surface area contributed by atoms with Crippen LogP contribution in [-0.2, 0) is 4.74 Å². The number of carbonyl (C=O) groups is 1. The number of aromatic nitrogens is 2. The average molecular weight is 152 g/mol. The highest BCUT2D eigenvalue weighted by Gasteiger charge is 2.04. The van der Waals surface area contributed by atoms with Crippen molar-refractivity contribution in [2.75, 3.05) is 7.11 Å². The van der Waals surface area contributed by atoms with Gasteiger partial charge in [0.05, 0.1) is 12.7 Å². The lowest BCUT2D eigenvalue weighted by Crippen LogP contribution is -2.02. The van der Waals surface area contributed by atoms with Gasteiger partial charge >= 0.3 is 5.97 Å². The van der Waals surface area contributed by atoms with E-state index in [-0.39, 0.29) is 0 Å². The first-order valence-electron chi connectivity index (χ1n) is 3.11. The Bertz CT molecular complexity index is 256. The van der Waals surface area contributed by atoms with E-state index in [1.807, 2.05) is 0 Å². The minimum atomic E-state index is -0.412. The van der Waals surface area contributed by atoms with E-state index in [1.54, 1.807) is 6.92 Å². The van der Waals surface area contributed by atoms with Crippen LogP contribution in [0.5, 0.6) is 0 Å². The van der Waals surface area contributed by atoms with Crippen LogP contribution in [0, 0.1) is 6.92 Å². The highest BCUT2D eigenvalue weighted by atomic mass is 16.5. The molecular weight excluding hydrogens is 144 g/mol. The molecule has 0 atom stereocenters. The van der Waals surface area contributed by atoms with E-state index >= 15 is 0 Å². The molecule has 4 nitrogen and oxygen atoms in total. The molecule has 0 unspecified atom stereocenters. The molecule has 1 rings (SSSR count). The Labute approximate surface area is 64.2 Å². The van der Waals surface area contributed by atoms with E-state index in [4.69, 9.17) is 0 Å². The summed E-state index contributed by atoms with van der Waals surface area (Å²) in [5.41, 5.74) is 0.373. The second-order valence-electron chi connectivity index (χ2n) is 2.01. The molecule has 1 aromatic rings. The predicted octanol–water partition coefficient (Wildman–Crippen LogP) is 0.572. The highest BCUT2D eigenvalue weighted by molar-refractivity contribution is 5.88. The van der Waals surface area contributed by atoms with Gasteiger partial charge in [0.1, 0.15) is 5.82 Å². The molecule has 0 aromatic carbocycles. The van der Waals surface area contributed by atoms with E-state index in [1.165, 1.54) is 19.5 Å². The van der Waals surface area contributed by atoms with Gasteiger partial charge in [-0.2, -0.15) is 0 Å². The van der Waals surface area contributed by atoms with Crippen LogP contribution in [0.2, 0.25) is 0 Å². The number of methoxy groups -OCH3 is 1. The largest absolute Gasteiger partial charge is 0.465 e. The van der Waals surface area contributed by atoms with E-state index in [0.717, 1.165) is 0 Å². The van der Waals surface area contributed by atoms with Crippen molar-refractivity contribution < 1.29 is 9.53 Å². The Morgan fingerprint density at radius 1 is 1.45 bits per heavy atom. The SMILES string of the molecule is COC(=O)c1cnc(C)nc1. The lowest BCUT2D eigenvalue weighted by Gasteiger charge is -1.96. The van der Waals surface area contributed by atoms with Crippen molar-refractivity contribution in [3.8, 4) is 0 Å². The first-order chi connectivity index (χ1) is 5.24. The molecule has 0 saturated heterocycles. The molecule has 0 fully saturated rings. The number of rotatable bonds is 1. The van der Waals surface area contributed by atoms with Crippen molar-refractivity contribution >= 4 is 5.97 Å². The summed E-state index contributed by atoms with van der Waals surface area (Å²) in [4.78, 5) is 18.5. The summed E-state index contributed by atoms with van der Waals surface area (Å²) in [7, 11) is 1.32. The average Bonchev–Trinajstić information content (AvgIpc) is 2.05. The zero-order chi connectivity index (χ0) is 8.27. The summed E-state index contributed by atoms with van der Waals surface area (Å²) in [6.45, 7) is 1.75. The Balaban J connectivity index is 2.90. The van der Waals surface area contributed by atoms with Gasteiger partial charge in [-0.25, -0.2) is 14.8 Å². The molecule has 0 spiro atoms. The fraction of sp³-hybridized carbons (Fsp3) is 0.286. The molecule has 58 valence electrons. The number of hydrogen-bond donors (Lipinski definition) is 0. The van der Waals surface area contributed by atoms with Crippen LogP contribution in [0.3, 0.4) is 0 Å². The van der Waals surface area contributed by atoms with Gasteiger partial charge in [-0.3, -0.25) is 0 Å². The van der Waals surface area contributed by atoms with Crippen LogP contribution in [0.15, 0.2) is 12.4 Å². The van der Waals surface area contributed by atoms with Gasteiger partial charge in [0.15, 0.2) is 0 Å². The summed E-state index contributed by atoms with van der Waals surface area (Å²) in [6, 6.07) is 0. The monoisotopic (exact) mass is 152 g/mol. The van der Waals surface area contributed by atoms with Crippen LogP contribution < -0.4 is 0 Å². The summed E-state index contributed by atoms with van der Waals surface area (Å²) in [5, 5.41) is 0. The van der Waals surface area contributed by atoms with E-state index in [9.17, 15) is 4.79 Å². The molecule has 0 saturated carbocycles. The molecule has 0 aliphatic heterocycles. The van der Waals surface area contributed by atoms with E-state index < -0.39 is 5.97 Å². The van der Waals surface area contributed by atoms with Gasteiger partial charge in [0.25, 0.3) is 0 Å². The third kappa shape index (κ3) is 1.73. The first-order valence-corrected chi connectivity index (χ1v) is 3.11. The zero-order valence-corrected chi connectivity index (χ0v) is 6.37. The fourth-order valence-corrected chi connectivity index (χ4v) is 0.616. The minimum absolute atomic E-state index is 0.373. The van der Waals surface area contributed by atoms with Crippen LogP contribution in [-0.4, -0.2) is 23.0 Å². The number of ether oxygens (including phenoxy) is 1. The predicted molar refractivity (Wildman–Crippen MR) is 38.1 cm³/mol. The number of carbonyl (C=O) groups excluding carboxylic acids is 1. The van der Waals surface area contributed by atoms with Gasteiger partial charge < -0.3 is 4.74 Å². The Kier molecular flexibility index (Phi) is 2.15. The third-order valence-electron chi connectivity index (χ3n) is 1.20. The lowest BCUT2D eigenvalue weighted by molar-refractivity contribution is 0.0599. The quantitative estimate of drug-likeness (QED) is 0.552. The van der Waals surface area contributed by atoms with Crippen molar-refractivity contribution in [1.29, 1.82) is 0 Å². The molecular formula is C7H8N2O2. The number of hydrogen-bond acceptors (Lipinski definition) is 4. The molecule has 0 amide bonds. The standard InChI is InChI=1S/C7H8N2O2/c1-5-8-3-6(4-9-5)7(10)11-2/h3-4H,1-2H3. The molecule has 0 aliphatic rings. The summed E-state index contributed by atoms with van der Waals surface area (Å²) in [6.07, 6.45) is 2.88. The smallest absolute Gasteiger partial charge is 0.341 e. The van der Waals surface area contributed by atoms with Crippen molar-refractivity contribution in [3.63, 3.8) is 0 Å². The third-order valence-corrected chi connectivity index (χ3v) is 1.20. The van der Waals surface area contributed by atoms with E-state index in [2.05, 4.69) is 14.7 Å². The van der Waals surface area contributed by atoms with Gasteiger partial charge in [-0.15, -0.1) is 0 Å². The van der Waals surface area contributed by atoms with Crippen molar-refractivity contribution in [2.24, 2.45) is 0 Å². The van der Waals surface area contributed by atoms with Crippen LogP contribution >= 0.6 is 0 Å². The normalized spacial score (nSPS) is 9.27. The maximum Gasteiger partial charge on any atom is 0.341 e. The van der Waals surface area contributed by atoms with Crippen LogP contribution in [0.4, 0.5) is 0 Å². The highest BCUT2D eigenvalue weighted by Crippen LogP contribution is 1.96. The summed E-state index contributed by atoms with van der Waals surface area (Å²) in [5.74, 6) is 0.225. The van der Waals surface area contributed by atoms with Gasteiger partial charge in [0, 0.05) is 12.4 Å². The molecule has 1 heterocycles. The van der Waals surface area contributed by atoms with Crippen molar-refractivity contribution in [2.45, 2.75) is 6.92 Å². The maximum atomic E-state index is 10.8. The maximum absolute atomic E-state index is 10.8. The topological polar surface area (TPSA) is 52.1 Å². The molecule has 0 aliphatic carbocycles. The first kappa shape index (κ1) is 7.65. The molecule has 0 N–H and O–H groups in total. The van der Waals surface area contributed by atoms with Crippen LogP contribution in [0.25, 0.3) is 0 Å². The number of aryl methyl sites for hydroxylation is 1. The zero-order valence-electron chi connectivity index (χ0n) is 6.37. The Morgan fingerprint density at radius 3 is 2.45 bits per heavy atom. The molecule has 11 heavy (non-hydrogen) atoms.